The minimum Gasteiger partial charge on any atom is -0.333 e. The van der Waals surface area contributed by atoms with Crippen LogP contribution >= 0.6 is 0 Å². The molecule has 0 aliphatic heterocycles. The van der Waals surface area contributed by atoms with Gasteiger partial charge in [-0.15, -0.1) is 0 Å². The molecule has 1 aromatic carbocycles. The fourth-order valence-electron chi connectivity index (χ4n) is 2.60. The third kappa shape index (κ3) is 2.45. The van der Waals surface area contributed by atoms with Gasteiger partial charge < -0.3 is 10.3 Å². The first-order chi connectivity index (χ1) is 10.2. The number of nitrogens with two attached hydrogens (primary N) is 1. The standard InChI is InChI=1S/C17H18N4/c1-12-9-13(10-18)3-4-15(12)16-17(21(2)11-20-16)14-5-7-19-8-6-14/h3-9,11H,10,18H2,1-2H3. The molecule has 4 heteroatoms. The van der Waals surface area contributed by atoms with Gasteiger partial charge >= 0.3 is 0 Å². The Bertz CT molecular complexity index is 760. The molecule has 0 bridgehead atoms. The molecule has 0 saturated heterocycles. The zero-order valence-corrected chi connectivity index (χ0v) is 12.2. The lowest BCUT2D eigenvalue weighted by Gasteiger charge is -2.10. The molecule has 0 amide bonds. The van der Waals surface area contributed by atoms with E-state index in [-0.39, 0.29) is 0 Å². The quantitative estimate of drug-likeness (QED) is 0.801. The summed E-state index contributed by atoms with van der Waals surface area (Å²) in [5.41, 5.74) is 12.4. The molecule has 0 aliphatic carbocycles. The molecule has 0 atom stereocenters. The minimum absolute atomic E-state index is 0.556. The van der Waals surface area contributed by atoms with Gasteiger partial charge in [-0.25, -0.2) is 4.98 Å². The SMILES string of the molecule is Cc1cc(CN)ccc1-c1ncn(C)c1-c1ccncc1. The second-order valence-electron chi connectivity index (χ2n) is 5.14. The highest BCUT2D eigenvalue weighted by Gasteiger charge is 2.14. The van der Waals surface area contributed by atoms with Crippen molar-refractivity contribution < 1.29 is 0 Å². The van der Waals surface area contributed by atoms with Crippen molar-refractivity contribution >= 4 is 0 Å². The Hall–Kier alpha value is -2.46. The molecule has 0 fully saturated rings. The minimum atomic E-state index is 0.556. The van der Waals surface area contributed by atoms with E-state index in [4.69, 9.17) is 5.73 Å². The van der Waals surface area contributed by atoms with E-state index < -0.39 is 0 Å². The number of pyridine rings is 1. The van der Waals surface area contributed by atoms with Gasteiger partial charge in [0, 0.05) is 37.1 Å². The van der Waals surface area contributed by atoms with E-state index in [1.54, 1.807) is 12.4 Å². The van der Waals surface area contributed by atoms with Crippen LogP contribution < -0.4 is 5.73 Å². The third-order valence-electron chi connectivity index (χ3n) is 3.67. The first-order valence-corrected chi connectivity index (χ1v) is 6.92. The van der Waals surface area contributed by atoms with Gasteiger partial charge in [0.25, 0.3) is 0 Å². The van der Waals surface area contributed by atoms with Crippen LogP contribution in [0.2, 0.25) is 0 Å². The van der Waals surface area contributed by atoms with Crippen LogP contribution in [-0.2, 0) is 13.6 Å². The largest absolute Gasteiger partial charge is 0.333 e. The molecule has 4 nitrogen and oxygen atoms in total. The fraction of sp³-hybridized carbons (Fsp3) is 0.176. The Kier molecular flexibility index (Phi) is 3.54. The summed E-state index contributed by atoms with van der Waals surface area (Å²) in [5.74, 6) is 0. The summed E-state index contributed by atoms with van der Waals surface area (Å²) in [7, 11) is 2.01. The molecule has 0 radical (unpaired) electrons. The third-order valence-corrected chi connectivity index (χ3v) is 3.67. The Balaban J connectivity index is 2.17. The first kappa shape index (κ1) is 13.5. The summed E-state index contributed by atoms with van der Waals surface area (Å²) in [6.45, 7) is 2.65. The Morgan fingerprint density at radius 3 is 2.57 bits per heavy atom. The smallest absolute Gasteiger partial charge is 0.0965 e. The van der Waals surface area contributed by atoms with Crippen molar-refractivity contribution in [3.05, 3.63) is 60.2 Å². The molecule has 21 heavy (non-hydrogen) atoms. The topological polar surface area (TPSA) is 56.7 Å². The summed E-state index contributed by atoms with van der Waals surface area (Å²) in [5, 5.41) is 0. The van der Waals surface area contributed by atoms with E-state index in [0.717, 1.165) is 28.1 Å². The highest BCUT2D eigenvalue weighted by molar-refractivity contribution is 5.80. The second-order valence-corrected chi connectivity index (χ2v) is 5.14. The second kappa shape index (κ2) is 5.50. The monoisotopic (exact) mass is 278 g/mol. The first-order valence-electron chi connectivity index (χ1n) is 6.92. The molecule has 0 aliphatic rings. The van der Waals surface area contributed by atoms with Crippen molar-refractivity contribution in [3.8, 4) is 22.5 Å². The maximum Gasteiger partial charge on any atom is 0.0965 e. The lowest BCUT2D eigenvalue weighted by molar-refractivity contribution is 0.921. The highest BCUT2D eigenvalue weighted by atomic mass is 15.0. The van der Waals surface area contributed by atoms with Gasteiger partial charge in [0.05, 0.1) is 17.7 Å². The van der Waals surface area contributed by atoms with Crippen LogP contribution in [0.15, 0.2) is 49.1 Å². The summed E-state index contributed by atoms with van der Waals surface area (Å²) >= 11 is 0. The maximum atomic E-state index is 5.71. The Morgan fingerprint density at radius 1 is 1.14 bits per heavy atom. The van der Waals surface area contributed by atoms with E-state index in [0.29, 0.717) is 6.54 Å². The summed E-state index contributed by atoms with van der Waals surface area (Å²) < 4.78 is 2.04. The predicted octanol–water partition coefficient (Wildman–Crippen LogP) is 2.92. The number of benzene rings is 1. The summed E-state index contributed by atoms with van der Waals surface area (Å²) in [4.78, 5) is 8.67. The average Bonchev–Trinajstić information content (AvgIpc) is 2.89. The molecule has 2 heterocycles. The fourth-order valence-corrected chi connectivity index (χ4v) is 2.60. The molecule has 2 N–H and O–H groups in total. The van der Waals surface area contributed by atoms with Crippen LogP contribution in [0.5, 0.6) is 0 Å². The van der Waals surface area contributed by atoms with E-state index in [1.807, 2.05) is 30.1 Å². The van der Waals surface area contributed by atoms with Crippen LogP contribution in [0.4, 0.5) is 0 Å². The summed E-state index contributed by atoms with van der Waals surface area (Å²) in [6, 6.07) is 10.3. The maximum absolute atomic E-state index is 5.71. The van der Waals surface area contributed by atoms with Gasteiger partial charge in [0.1, 0.15) is 0 Å². The van der Waals surface area contributed by atoms with Gasteiger partial charge in [0.2, 0.25) is 0 Å². The van der Waals surface area contributed by atoms with Gasteiger partial charge in [-0.2, -0.15) is 0 Å². The molecule has 106 valence electrons. The molecule has 3 aromatic rings. The van der Waals surface area contributed by atoms with Gasteiger partial charge in [-0.3, -0.25) is 4.98 Å². The summed E-state index contributed by atoms with van der Waals surface area (Å²) in [6.07, 6.45) is 5.45. The molecular formula is C17H18N4. The van der Waals surface area contributed by atoms with Crippen LogP contribution in [-0.4, -0.2) is 14.5 Å². The van der Waals surface area contributed by atoms with Gasteiger partial charge in [-0.1, -0.05) is 18.2 Å². The normalized spacial score (nSPS) is 10.8. The Labute approximate surface area is 124 Å². The molecule has 2 aromatic heterocycles. The van der Waals surface area contributed by atoms with Crippen LogP contribution in [0.1, 0.15) is 11.1 Å². The number of aromatic nitrogens is 3. The van der Waals surface area contributed by atoms with Crippen molar-refractivity contribution in [1.82, 2.24) is 14.5 Å². The van der Waals surface area contributed by atoms with Gasteiger partial charge in [-0.05, 0) is 30.2 Å². The van der Waals surface area contributed by atoms with Gasteiger partial charge in [0.15, 0.2) is 0 Å². The van der Waals surface area contributed by atoms with E-state index in [2.05, 4.69) is 35.1 Å². The lowest BCUT2D eigenvalue weighted by Crippen LogP contribution is -1.98. The number of imidazole rings is 1. The van der Waals surface area contributed by atoms with Crippen LogP contribution in [0.3, 0.4) is 0 Å². The van der Waals surface area contributed by atoms with Crippen LogP contribution in [0.25, 0.3) is 22.5 Å². The average molecular weight is 278 g/mol. The van der Waals surface area contributed by atoms with E-state index >= 15 is 0 Å². The van der Waals surface area contributed by atoms with E-state index in [9.17, 15) is 0 Å². The van der Waals surface area contributed by atoms with Crippen molar-refractivity contribution in [2.75, 3.05) is 0 Å². The van der Waals surface area contributed by atoms with Crippen LogP contribution in [0, 0.1) is 6.92 Å². The molecule has 0 unspecified atom stereocenters. The zero-order chi connectivity index (χ0) is 14.8. The highest BCUT2D eigenvalue weighted by Crippen LogP contribution is 2.32. The Morgan fingerprint density at radius 2 is 1.90 bits per heavy atom. The lowest BCUT2D eigenvalue weighted by atomic mass is 9.99. The van der Waals surface area contributed by atoms with Crippen molar-refractivity contribution in [2.24, 2.45) is 12.8 Å². The number of hydrogen-bond acceptors (Lipinski definition) is 3. The molecule has 0 saturated carbocycles. The predicted molar refractivity (Wildman–Crippen MR) is 84.5 cm³/mol. The van der Waals surface area contributed by atoms with Crippen molar-refractivity contribution in [1.29, 1.82) is 0 Å². The number of rotatable bonds is 3. The number of hydrogen-bond donors (Lipinski definition) is 1. The zero-order valence-electron chi connectivity index (χ0n) is 12.2. The van der Waals surface area contributed by atoms with Crippen molar-refractivity contribution in [3.63, 3.8) is 0 Å². The van der Waals surface area contributed by atoms with E-state index in [1.165, 1.54) is 5.56 Å². The molecule has 0 spiro atoms. The number of aryl methyl sites for hydroxylation is 2. The van der Waals surface area contributed by atoms with Crippen molar-refractivity contribution in [2.45, 2.75) is 13.5 Å². The molecule has 3 rings (SSSR count). The molecular weight excluding hydrogens is 260 g/mol. The number of nitrogens with zero attached hydrogens (tertiary/aromatic N) is 3.